The van der Waals surface area contributed by atoms with E-state index < -0.39 is 45.6 Å². The summed E-state index contributed by atoms with van der Waals surface area (Å²) in [5.74, 6) is -6.36. The maximum atomic E-state index is 14.4. The minimum absolute atomic E-state index is 0.000853. The molecule has 0 bridgehead atoms. The zero-order valence-corrected chi connectivity index (χ0v) is 23.2. The van der Waals surface area contributed by atoms with Gasteiger partial charge < -0.3 is 25.6 Å². The van der Waals surface area contributed by atoms with Crippen molar-refractivity contribution in [3.63, 3.8) is 0 Å². The number of fused-ring (bicyclic) bond motifs is 2. The molecule has 43 heavy (non-hydrogen) atoms. The van der Waals surface area contributed by atoms with Crippen molar-refractivity contribution >= 4 is 23.3 Å². The molecule has 1 aromatic heterocycles. The molecule has 5 rings (SSSR count). The highest BCUT2D eigenvalue weighted by Gasteiger charge is 2.46. The predicted molar refractivity (Wildman–Crippen MR) is 148 cm³/mol. The van der Waals surface area contributed by atoms with Gasteiger partial charge in [0.25, 0.3) is 0 Å². The summed E-state index contributed by atoms with van der Waals surface area (Å²) in [5, 5.41) is 16.0. The van der Waals surface area contributed by atoms with Crippen LogP contribution in [-0.4, -0.2) is 47.9 Å². The third-order valence-electron chi connectivity index (χ3n) is 8.48. The maximum absolute atomic E-state index is 14.4. The van der Waals surface area contributed by atoms with Gasteiger partial charge in [-0.2, -0.15) is 0 Å². The highest BCUT2D eigenvalue weighted by molar-refractivity contribution is 5.88. The third kappa shape index (κ3) is 6.15. The Hall–Kier alpha value is -4.55. The number of halogens is 4. The molecule has 2 heterocycles. The van der Waals surface area contributed by atoms with Crippen LogP contribution in [0.25, 0.3) is 0 Å². The Bertz CT molecular complexity index is 1540. The fourth-order valence-corrected chi connectivity index (χ4v) is 6.38. The molecule has 2 N–H and O–H groups in total. The molecule has 1 saturated heterocycles. The summed E-state index contributed by atoms with van der Waals surface area (Å²) >= 11 is 0. The van der Waals surface area contributed by atoms with Crippen LogP contribution in [0.3, 0.4) is 0 Å². The van der Waals surface area contributed by atoms with E-state index in [1.807, 2.05) is 0 Å². The number of hydrogen-bond acceptors (Lipinski definition) is 6. The van der Waals surface area contributed by atoms with E-state index in [0.29, 0.717) is 32.4 Å². The lowest BCUT2D eigenvalue weighted by atomic mass is 9.73. The van der Waals surface area contributed by atoms with Crippen molar-refractivity contribution in [3.05, 3.63) is 98.7 Å². The van der Waals surface area contributed by atoms with Crippen molar-refractivity contribution in [3.8, 4) is 0 Å². The van der Waals surface area contributed by atoms with Gasteiger partial charge in [0.1, 0.15) is 11.9 Å². The van der Waals surface area contributed by atoms with E-state index in [1.165, 1.54) is 31.4 Å². The van der Waals surface area contributed by atoms with Gasteiger partial charge in [0, 0.05) is 39.0 Å². The van der Waals surface area contributed by atoms with Crippen LogP contribution in [0.4, 0.5) is 29.1 Å². The van der Waals surface area contributed by atoms with E-state index in [0.717, 1.165) is 28.9 Å². The summed E-state index contributed by atoms with van der Waals surface area (Å²) in [6.45, 7) is 1.19. The molecule has 1 aliphatic carbocycles. The molecule has 2 aromatic carbocycles. The van der Waals surface area contributed by atoms with Crippen molar-refractivity contribution in [2.75, 3.05) is 25.0 Å². The standard InChI is InChI=1S/C30H29F4N5O4/c1-35-29(41)25(12-17-10-23(32)28(34)24(33)11-17)37-27(40)13-18-15-30(22-14-19(31)2-4-21(18)22)6-8-38(9-7-30)20-3-5-26(36-16-20)39(42)43/h2-5,10-11,14,16,18,25H,6-9,12-13,15H2,1H3,(H,35,41)(H,37,40)/t18?,25-/m1/s1. The van der Waals surface area contributed by atoms with Crippen molar-refractivity contribution in [1.29, 1.82) is 0 Å². The predicted octanol–water partition coefficient (Wildman–Crippen LogP) is 4.44. The van der Waals surface area contributed by atoms with E-state index in [-0.39, 0.29) is 36.0 Å². The molecule has 13 heteroatoms. The van der Waals surface area contributed by atoms with Gasteiger partial charge in [0.05, 0.1) is 5.69 Å². The number of likely N-dealkylation sites (N-methyl/N-ethyl adjacent to an activating group) is 1. The SMILES string of the molecule is CNC(=O)[C@@H](Cc1cc(F)c(F)c(F)c1)NC(=O)CC1CC2(CCN(c3ccc([N+](=O)[O-])nc3)CC2)c2cc(F)ccc21. The maximum Gasteiger partial charge on any atom is 0.363 e. The quantitative estimate of drug-likeness (QED) is 0.171. The lowest BCUT2D eigenvalue weighted by molar-refractivity contribution is -0.389. The number of piperidine rings is 1. The van der Waals surface area contributed by atoms with Crippen LogP contribution in [0, 0.1) is 33.4 Å². The lowest BCUT2D eigenvalue weighted by Crippen LogP contribution is -2.47. The molecule has 226 valence electrons. The van der Waals surface area contributed by atoms with Crippen LogP contribution in [0.2, 0.25) is 0 Å². The zero-order chi connectivity index (χ0) is 30.9. The van der Waals surface area contributed by atoms with Crippen LogP contribution in [0.5, 0.6) is 0 Å². The van der Waals surface area contributed by atoms with Gasteiger partial charge in [-0.25, -0.2) is 17.6 Å². The van der Waals surface area contributed by atoms with Gasteiger partial charge >= 0.3 is 5.82 Å². The molecule has 3 aromatic rings. The highest BCUT2D eigenvalue weighted by atomic mass is 19.2. The number of carbonyl (C=O) groups is 2. The molecular weight excluding hydrogens is 570 g/mol. The number of nitro groups is 1. The number of hydrogen-bond donors (Lipinski definition) is 2. The average Bonchev–Trinajstić information content (AvgIpc) is 3.26. The molecule has 2 aliphatic rings. The van der Waals surface area contributed by atoms with E-state index in [9.17, 15) is 37.3 Å². The summed E-state index contributed by atoms with van der Waals surface area (Å²) in [7, 11) is 1.36. The van der Waals surface area contributed by atoms with Crippen molar-refractivity contribution < 1.29 is 32.1 Å². The van der Waals surface area contributed by atoms with Crippen LogP contribution < -0.4 is 15.5 Å². The van der Waals surface area contributed by atoms with Crippen LogP contribution >= 0.6 is 0 Å². The Balaban J connectivity index is 1.30. The van der Waals surface area contributed by atoms with Gasteiger partial charge in [0.15, 0.2) is 23.6 Å². The van der Waals surface area contributed by atoms with Crippen molar-refractivity contribution in [2.45, 2.75) is 49.5 Å². The Kier molecular flexibility index (Phi) is 8.34. The second-order valence-electron chi connectivity index (χ2n) is 11.0. The number of pyridine rings is 1. The molecular formula is C30H29F4N5O4. The van der Waals surface area contributed by atoms with Crippen LogP contribution in [-0.2, 0) is 21.4 Å². The number of benzene rings is 2. The number of rotatable bonds is 8. The number of nitrogens with one attached hydrogen (secondary N) is 2. The minimum Gasteiger partial charge on any atom is -0.368 e. The fraction of sp³-hybridized carbons (Fsp3) is 0.367. The number of aromatic nitrogens is 1. The van der Waals surface area contributed by atoms with Gasteiger partial charge in [-0.1, -0.05) is 6.07 Å². The van der Waals surface area contributed by atoms with Crippen molar-refractivity contribution in [1.82, 2.24) is 15.6 Å². The molecule has 1 unspecified atom stereocenters. The smallest absolute Gasteiger partial charge is 0.363 e. The molecule has 2 atom stereocenters. The van der Waals surface area contributed by atoms with E-state index in [2.05, 4.69) is 20.5 Å². The van der Waals surface area contributed by atoms with Gasteiger partial charge in [0.2, 0.25) is 11.8 Å². The second-order valence-corrected chi connectivity index (χ2v) is 11.0. The van der Waals surface area contributed by atoms with Crippen molar-refractivity contribution in [2.24, 2.45) is 0 Å². The summed E-state index contributed by atoms with van der Waals surface area (Å²) in [5.41, 5.74) is 2.04. The number of amides is 2. The minimum atomic E-state index is -1.62. The molecule has 1 aliphatic heterocycles. The first-order valence-corrected chi connectivity index (χ1v) is 13.8. The Morgan fingerprint density at radius 1 is 1.09 bits per heavy atom. The molecule has 1 fully saturated rings. The first-order valence-electron chi connectivity index (χ1n) is 13.8. The zero-order valence-electron chi connectivity index (χ0n) is 23.2. The number of anilines is 1. The first kappa shape index (κ1) is 29.9. The summed E-state index contributed by atoms with van der Waals surface area (Å²) in [6, 6.07) is 7.95. The topological polar surface area (TPSA) is 117 Å². The molecule has 1 spiro atoms. The monoisotopic (exact) mass is 599 g/mol. The highest BCUT2D eigenvalue weighted by Crippen LogP contribution is 2.53. The second kappa shape index (κ2) is 12.0. The molecule has 0 saturated carbocycles. The summed E-state index contributed by atoms with van der Waals surface area (Å²) in [4.78, 5) is 42.1. The summed E-state index contributed by atoms with van der Waals surface area (Å²) < 4.78 is 55.4. The van der Waals surface area contributed by atoms with Gasteiger partial charge in [-0.05, 0) is 87.5 Å². The number of carbonyl (C=O) groups excluding carboxylic acids is 2. The largest absolute Gasteiger partial charge is 0.368 e. The van der Waals surface area contributed by atoms with E-state index in [1.54, 1.807) is 12.1 Å². The normalized spacial score (nSPS) is 17.8. The van der Waals surface area contributed by atoms with Crippen LogP contribution in [0.15, 0.2) is 48.7 Å². The third-order valence-corrected chi connectivity index (χ3v) is 8.48. The van der Waals surface area contributed by atoms with Gasteiger partial charge in [-0.15, -0.1) is 0 Å². The van der Waals surface area contributed by atoms with Gasteiger partial charge in [-0.3, -0.25) is 9.59 Å². The molecule has 2 amide bonds. The van der Waals surface area contributed by atoms with E-state index >= 15 is 0 Å². The Morgan fingerprint density at radius 3 is 2.40 bits per heavy atom. The fourth-order valence-electron chi connectivity index (χ4n) is 6.38. The van der Waals surface area contributed by atoms with Crippen LogP contribution in [0.1, 0.15) is 48.3 Å². The Morgan fingerprint density at radius 2 is 1.79 bits per heavy atom. The Labute approximate surface area is 244 Å². The number of nitrogens with zero attached hydrogens (tertiary/aromatic N) is 3. The average molecular weight is 600 g/mol. The summed E-state index contributed by atoms with van der Waals surface area (Å²) in [6.07, 6.45) is 3.08. The first-order chi connectivity index (χ1) is 20.5. The van der Waals surface area contributed by atoms with E-state index in [4.69, 9.17) is 0 Å². The lowest BCUT2D eigenvalue weighted by Gasteiger charge is -2.41. The molecule has 9 nitrogen and oxygen atoms in total. The molecule has 0 radical (unpaired) electrons.